The summed E-state index contributed by atoms with van der Waals surface area (Å²) in [5, 5.41) is 4.53. The molecular weight excluding hydrogens is 376 g/mol. The van der Waals surface area contributed by atoms with Crippen LogP contribution in [0, 0.1) is 5.92 Å². The van der Waals surface area contributed by atoms with Crippen LogP contribution in [0.2, 0.25) is 5.02 Å². The van der Waals surface area contributed by atoms with Gasteiger partial charge < -0.3 is 9.64 Å². The van der Waals surface area contributed by atoms with E-state index in [1.54, 1.807) is 12.4 Å². The molecule has 0 unspecified atom stereocenters. The van der Waals surface area contributed by atoms with Crippen LogP contribution in [0.1, 0.15) is 12.8 Å². The normalized spacial score (nSPS) is 14.8. The van der Waals surface area contributed by atoms with Crippen molar-refractivity contribution >= 4 is 17.3 Å². The summed E-state index contributed by atoms with van der Waals surface area (Å²) in [6, 6.07) is 14.9. The van der Waals surface area contributed by atoms with E-state index in [0.29, 0.717) is 29.8 Å². The Labute approximate surface area is 168 Å². The van der Waals surface area contributed by atoms with Crippen molar-refractivity contribution in [2.24, 2.45) is 5.92 Å². The quantitative estimate of drug-likeness (QED) is 0.659. The first-order valence-electron chi connectivity index (χ1n) is 9.34. The van der Waals surface area contributed by atoms with Crippen molar-refractivity contribution < 1.29 is 4.74 Å². The Balaban J connectivity index is 1.41. The van der Waals surface area contributed by atoms with Gasteiger partial charge in [0.25, 0.3) is 5.56 Å². The molecule has 0 N–H and O–H groups in total. The lowest BCUT2D eigenvalue weighted by molar-refractivity contribution is 0.216. The van der Waals surface area contributed by atoms with Gasteiger partial charge in [0.2, 0.25) is 5.88 Å². The van der Waals surface area contributed by atoms with Crippen molar-refractivity contribution in [3.63, 3.8) is 0 Å². The molecule has 0 atom stereocenters. The van der Waals surface area contributed by atoms with Gasteiger partial charge in [0.1, 0.15) is 5.02 Å². The van der Waals surface area contributed by atoms with Crippen LogP contribution in [-0.2, 0) is 0 Å². The largest absolute Gasteiger partial charge is 0.477 e. The van der Waals surface area contributed by atoms with Crippen molar-refractivity contribution in [2.45, 2.75) is 12.8 Å². The number of benzene rings is 1. The Morgan fingerprint density at radius 3 is 2.54 bits per heavy atom. The third kappa shape index (κ3) is 4.02. The highest BCUT2D eigenvalue weighted by Gasteiger charge is 2.23. The van der Waals surface area contributed by atoms with Gasteiger partial charge in [0, 0.05) is 25.4 Å². The van der Waals surface area contributed by atoms with Crippen molar-refractivity contribution in [3.05, 3.63) is 76.3 Å². The predicted octanol–water partition coefficient (Wildman–Crippen LogP) is 3.58. The van der Waals surface area contributed by atoms with Gasteiger partial charge in [0.05, 0.1) is 24.2 Å². The predicted molar refractivity (Wildman–Crippen MR) is 110 cm³/mol. The van der Waals surface area contributed by atoms with Crippen LogP contribution in [0.4, 0.5) is 5.69 Å². The van der Waals surface area contributed by atoms with Gasteiger partial charge in [-0.1, -0.05) is 35.9 Å². The Hall–Kier alpha value is -2.86. The molecule has 0 bridgehead atoms. The third-order valence-electron chi connectivity index (χ3n) is 4.96. The minimum atomic E-state index is -0.300. The van der Waals surface area contributed by atoms with Crippen molar-refractivity contribution in [1.82, 2.24) is 14.8 Å². The number of hydrogen-bond donors (Lipinski definition) is 0. The van der Waals surface area contributed by atoms with Crippen molar-refractivity contribution in [2.75, 3.05) is 24.6 Å². The molecule has 28 heavy (non-hydrogen) atoms. The molecule has 3 heterocycles. The summed E-state index contributed by atoms with van der Waals surface area (Å²) in [6.07, 6.45) is 5.34. The van der Waals surface area contributed by atoms with Gasteiger partial charge in [-0.15, -0.1) is 0 Å². The van der Waals surface area contributed by atoms with Gasteiger partial charge in [0.15, 0.2) is 0 Å². The lowest BCUT2D eigenvalue weighted by Gasteiger charge is -2.33. The molecule has 1 aliphatic rings. The fourth-order valence-electron chi connectivity index (χ4n) is 3.37. The Morgan fingerprint density at radius 2 is 1.82 bits per heavy atom. The summed E-state index contributed by atoms with van der Waals surface area (Å²) < 4.78 is 7.11. The lowest BCUT2D eigenvalue weighted by atomic mass is 9.97. The van der Waals surface area contributed by atoms with Gasteiger partial charge in [-0.3, -0.25) is 4.79 Å². The second kappa shape index (κ2) is 8.44. The summed E-state index contributed by atoms with van der Waals surface area (Å²) in [5.41, 5.74) is 1.10. The minimum absolute atomic E-state index is 0.210. The van der Waals surface area contributed by atoms with Gasteiger partial charge in [-0.25, -0.2) is 4.98 Å². The minimum Gasteiger partial charge on any atom is -0.477 e. The molecule has 0 saturated carbocycles. The lowest BCUT2D eigenvalue weighted by Crippen LogP contribution is -2.37. The maximum atomic E-state index is 12.7. The van der Waals surface area contributed by atoms with E-state index in [9.17, 15) is 4.79 Å². The maximum Gasteiger partial charge on any atom is 0.292 e. The number of pyridine rings is 1. The van der Waals surface area contributed by atoms with Crippen LogP contribution >= 0.6 is 11.6 Å². The first-order chi connectivity index (χ1) is 13.7. The molecule has 3 aromatic rings. The summed E-state index contributed by atoms with van der Waals surface area (Å²) in [7, 11) is 0. The van der Waals surface area contributed by atoms with E-state index >= 15 is 0 Å². The molecule has 1 aromatic carbocycles. The van der Waals surface area contributed by atoms with E-state index in [1.165, 1.54) is 4.68 Å². The van der Waals surface area contributed by atoms with Crippen LogP contribution < -0.4 is 15.2 Å². The summed E-state index contributed by atoms with van der Waals surface area (Å²) in [4.78, 5) is 19.0. The summed E-state index contributed by atoms with van der Waals surface area (Å²) in [6.45, 7) is 2.27. The van der Waals surface area contributed by atoms with Crippen molar-refractivity contribution in [1.29, 1.82) is 0 Å². The van der Waals surface area contributed by atoms with E-state index in [4.69, 9.17) is 16.3 Å². The molecular formula is C21H21ClN4O2. The fourth-order valence-corrected chi connectivity index (χ4v) is 3.62. The average molecular weight is 397 g/mol. The first kappa shape index (κ1) is 18.5. The van der Waals surface area contributed by atoms with Gasteiger partial charge in [-0.2, -0.15) is 9.78 Å². The second-order valence-corrected chi connectivity index (χ2v) is 7.18. The zero-order chi connectivity index (χ0) is 19.3. The topological polar surface area (TPSA) is 60.3 Å². The third-order valence-corrected chi connectivity index (χ3v) is 5.32. The van der Waals surface area contributed by atoms with Crippen LogP contribution in [0.25, 0.3) is 5.69 Å². The van der Waals surface area contributed by atoms with Gasteiger partial charge >= 0.3 is 0 Å². The fraction of sp³-hybridized carbons (Fsp3) is 0.286. The molecule has 6 nitrogen and oxygen atoms in total. The number of aromatic nitrogens is 3. The smallest absolute Gasteiger partial charge is 0.292 e. The number of halogens is 1. The SMILES string of the molecule is O=c1c(Cl)c(N2CCC(COc3ccccn3)CC2)cnn1-c1ccccc1. The van der Waals surface area contributed by atoms with E-state index in [1.807, 2.05) is 48.5 Å². The zero-order valence-corrected chi connectivity index (χ0v) is 16.1. The summed E-state index contributed by atoms with van der Waals surface area (Å²) in [5.74, 6) is 1.11. The molecule has 0 aliphatic carbocycles. The van der Waals surface area contributed by atoms with Crippen molar-refractivity contribution in [3.8, 4) is 11.6 Å². The van der Waals surface area contributed by atoms with E-state index in [-0.39, 0.29) is 10.6 Å². The average Bonchev–Trinajstić information content (AvgIpc) is 2.76. The number of piperidine rings is 1. The molecule has 7 heteroatoms. The highest BCUT2D eigenvalue weighted by atomic mass is 35.5. The Morgan fingerprint density at radius 1 is 1.07 bits per heavy atom. The van der Waals surface area contributed by atoms with Crippen LogP contribution in [0.5, 0.6) is 5.88 Å². The van der Waals surface area contributed by atoms with Gasteiger partial charge in [-0.05, 0) is 37.0 Å². The number of hydrogen-bond acceptors (Lipinski definition) is 5. The zero-order valence-electron chi connectivity index (χ0n) is 15.4. The molecule has 4 rings (SSSR count). The number of para-hydroxylation sites is 1. The van der Waals surface area contributed by atoms with E-state index in [0.717, 1.165) is 25.9 Å². The number of ether oxygens (including phenoxy) is 1. The standard InChI is InChI=1S/C21H21ClN4O2/c22-20-18(14-24-26(21(20)27)17-6-2-1-3-7-17)25-12-9-16(10-13-25)15-28-19-8-4-5-11-23-19/h1-8,11,14,16H,9-10,12-13,15H2. The maximum absolute atomic E-state index is 12.7. The van der Waals surface area contributed by atoms with Crippen LogP contribution in [0.3, 0.4) is 0 Å². The monoisotopic (exact) mass is 396 g/mol. The molecule has 1 aliphatic heterocycles. The molecule has 1 saturated heterocycles. The van der Waals surface area contributed by atoms with Crippen LogP contribution in [-0.4, -0.2) is 34.5 Å². The Bertz CT molecular complexity index is 971. The molecule has 0 amide bonds. The molecule has 2 aromatic heterocycles. The first-order valence-corrected chi connectivity index (χ1v) is 9.72. The Kier molecular flexibility index (Phi) is 5.58. The number of rotatable bonds is 5. The van der Waals surface area contributed by atoms with Crippen LogP contribution in [0.15, 0.2) is 65.7 Å². The van der Waals surface area contributed by atoms with E-state index in [2.05, 4.69) is 15.0 Å². The molecule has 1 fully saturated rings. The molecule has 0 radical (unpaired) electrons. The number of anilines is 1. The second-order valence-electron chi connectivity index (χ2n) is 6.81. The molecule has 0 spiro atoms. The summed E-state index contributed by atoms with van der Waals surface area (Å²) >= 11 is 6.41. The molecule has 144 valence electrons. The van der Waals surface area contributed by atoms with E-state index < -0.39 is 0 Å². The number of nitrogens with zero attached hydrogens (tertiary/aromatic N) is 4. The highest BCUT2D eigenvalue weighted by molar-refractivity contribution is 6.33. The highest BCUT2D eigenvalue weighted by Crippen LogP contribution is 2.27.